The zero-order chi connectivity index (χ0) is 18.7. The molecule has 0 aromatic heterocycles. The monoisotopic (exact) mass is 372 g/mol. The molecular weight excluding hydrogens is 348 g/mol. The molecule has 3 rings (SSSR count). The van der Waals surface area contributed by atoms with Gasteiger partial charge >= 0.3 is 0 Å². The van der Waals surface area contributed by atoms with E-state index in [1.165, 1.54) is 12.1 Å². The molecule has 2 aromatic carbocycles. The number of sulfonamides is 1. The first-order chi connectivity index (χ1) is 12.3. The third kappa shape index (κ3) is 4.31. The predicted octanol–water partition coefficient (Wildman–Crippen LogP) is 3.78. The van der Waals surface area contributed by atoms with Gasteiger partial charge < -0.3 is 5.32 Å². The lowest BCUT2D eigenvalue weighted by molar-refractivity contribution is 0.102. The standard InChI is InChI=1S/C20H24N2O3S/c1-14-7-10-18(13-15(14)2)21-20(23)16-8-11-19(12-9-16)26(24,25)22-17-5-3-4-6-17/h7-13,17,22H,3-6H2,1-2H3,(H,21,23). The fourth-order valence-electron chi connectivity index (χ4n) is 3.14. The summed E-state index contributed by atoms with van der Waals surface area (Å²) in [5.74, 6) is -0.263. The van der Waals surface area contributed by atoms with Crippen molar-refractivity contribution in [3.63, 3.8) is 0 Å². The van der Waals surface area contributed by atoms with Gasteiger partial charge in [0.2, 0.25) is 10.0 Å². The van der Waals surface area contributed by atoms with E-state index in [0.717, 1.165) is 42.5 Å². The Labute approximate surface area is 154 Å². The van der Waals surface area contributed by atoms with Crippen LogP contribution in [0.3, 0.4) is 0 Å². The van der Waals surface area contributed by atoms with Gasteiger partial charge in [-0.15, -0.1) is 0 Å². The average Bonchev–Trinajstić information content (AvgIpc) is 3.10. The van der Waals surface area contributed by atoms with Crippen molar-refractivity contribution in [3.05, 3.63) is 59.2 Å². The van der Waals surface area contributed by atoms with Gasteiger partial charge in [-0.1, -0.05) is 18.9 Å². The number of benzene rings is 2. The first-order valence-electron chi connectivity index (χ1n) is 8.86. The molecule has 138 valence electrons. The Hall–Kier alpha value is -2.18. The van der Waals surface area contributed by atoms with E-state index >= 15 is 0 Å². The van der Waals surface area contributed by atoms with Crippen LogP contribution in [-0.2, 0) is 10.0 Å². The van der Waals surface area contributed by atoms with Crippen LogP contribution in [0.2, 0.25) is 0 Å². The maximum atomic E-state index is 12.4. The molecule has 2 N–H and O–H groups in total. The van der Waals surface area contributed by atoms with Gasteiger partial charge in [-0.2, -0.15) is 0 Å². The summed E-state index contributed by atoms with van der Waals surface area (Å²) in [6.07, 6.45) is 3.89. The zero-order valence-electron chi connectivity index (χ0n) is 15.1. The van der Waals surface area contributed by atoms with Crippen LogP contribution in [-0.4, -0.2) is 20.4 Å². The lowest BCUT2D eigenvalue weighted by Gasteiger charge is -2.13. The number of anilines is 1. The van der Waals surface area contributed by atoms with Crippen LogP contribution in [0.25, 0.3) is 0 Å². The van der Waals surface area contributed by atoms with E-state index in [2.05, 4.69) is 10.0 Å². The van der Waals surface area contributed by atoms with Gasteiger partial charge in [0, 0.05) is 17.3 Å². The highest BCUT2D eigenvalue weighted by Gasteiger charge is 2.23. The first-order valence-corrected chi connectivity index (χ1v) is 10.3. The highest BCUT2D eigenvalue weighted by molar-refractivity contribution is 7.89. The van der Waals surface area contributed by atoms with E-state index in [1.54, 1.807) is 12.1 Å². The Balaban J connectivity index is 1.70. The number of hydrogen-bond acceptors (Lipinski definition) is 3. The highest BCUT2D eigenvalue weighted by atomic mass is 32.2. The third-order valence-electron chi connectivity index (χ3n) is 4.87. The number of nitrogens with one attached hydrogen (secondary N) is 2. The summed E-state index contributed by atoms with van der Waals surface area (Å²) in [4.78, 5) is 12.6. The lowest BCUT2D eigenvalue weighted by Crippen LogP contribution is -2.32. The minimum absolute atomic E-state index is 0.0211. The van der Waals surface area contributed by atoms with Crippen LogP contribution in [0.15, 0.2) is 47.4 Å². The molecule has 6 heteroatoms. The summed E-state index contributed by atoms with van der Waals surface area (Å²) in [7, 11) is -3.54. The molecule has 26 heavy (non-hydrogen) atoms. The molecule has 0 aliphatic heterocycles. The van der Waals surface area contributed by atoms with Crippen molar-refractivity contribution >= 4 is 21.6 Å². The molecule has 1 saturated carbocycles. The lowest BCUT2D eigenvalue weighted by atomic mass is 10.1. The Morgan fingerprint density at radius 2 is 1.62 bits per heavy atom. The maximum absolute atomic E-state index is 12.4. The van der Waals surface area contributed by atoms with Crippen LogP contribution in [0.5, 0.6) is 0 Å². The molecule has 0 radical (unpaired) electrons. The number of amides is 1. The molecule has 0 atom stereocenters. The van der Waals surface area contributed by atoms with Crippen molar-refractivity contribution in [3.8, 4) is 0 Å². The van der Waals surface area contributed by atoms with E-state index in [-0.39, 0.29) is 16.8 Å². The molecule has 2 aromatic rings. The predicted molar refractivity (Wildman–Crippen MR) is 103 cm³/mol. The fourth-order valence-corrected chi connectivity index (χ4v) is 4.44. The highest BCUT2D eigenvalue weighted by Crippen LogP contribution is 2.21. The molecule has 1 aliphatic rings. The Kier molecular flexibility index (Phi) is 5.44. The second kappa shape index (κ2) is 7.60. The van der Waals surface area contributed by atoms with Crippen molar-refractivity contribution in [2.45, 2.75) is 50.5 Å². The quantitative estimate of drug-likeness (QED) is 0.839. The van der Waals surface area contributed by atoms with E-state index < -0.39 is 10.0 Å². The minimum atomic E-state index is -3.54. The van der Waals surface area contributed by atoms with Crippen LogP contribution in [0.1, 0.15) is 47.2 Å². The summed E-state index contributed by atoms with van der Waals surface area (Å²) >= 11 is 0. The number of carbonyl (C=O) groups excluding carboxylic acids is 1. The molecule has 0 bridgehead atoms. The van der Waals surface area contributed by atoms with Crippen LogP contribution >= 0.6 is 0 Å². The van der Waals surface area contributed by atoms with Crippen molar-refractivity contribution < 1.29 is 13.2 Å². The SMILES string of the molecule is Cc1ccc(NC(=O)c2ccc(S(=O)(=O)NC3CCCC3)cc2)cc1C. The normalized spacial score (nSPS) is 15.2. The summed E-state index contributed by atoms with van der Waals surface area (Å²) in [6.45, 7) is 4.00. The van der Waals surface area contributed by atoms with Crippen LogP contribution in [0.4, 0.5) is 5.69 Å². The second-order valence-electron chi connectivity index (χ2n) is 6.88. The Bertz CT molecular complexity index is 899. The van der Waals surface area contributed by atoms with Crippen LogP contribution < -0.4 is 10.0 Å². The summed E-state index contributed by atoms with van der Waals surface area (Å²) in [5, 5.41) is 2.84. The molecule has 5 nitrogen and oxygen atoms in total. The molecule has 0 unspecified atom stereocenters. The Morgan fingerprint density at radius 1 is 0.962 bits per heavy atom. The van der Waals surface area contributed by atoms with Crippen LogP contribution in [0, 0.1) is 13.8 Å². The topological polar surface area (TPSA) is 75.3 Å². The van der Waals surface area contributed by atoms with Gasteiger partial charge in [0.25, 0.3) is 5.91 Å². The fraction of sp³-hybridized carbons (Fsp3) is 0.350. The largest absolute Gasteiger partial charge is 0.322 e. The molecular formula is C20H24N2O3S. The van der Waals surface area contributed by atoms with Crippen molar-refractivity contribution in [2.75, 3.05) is 5.32 Å². The van der Waals surface area contributed by atoms with Gasteiger partial charge in [-0.3, -0.25) is 4.79 Å². The van der Waals surface area contributed by atoms with E-state index in [9.17, 15) is 13.2 Å². The first kappa shape index (κ1) is 18.6. The molecule has 0 spiro atoms. The number of aryl methyl sites for hydroxylation is 2. The summed E-state index contributed by atoms with van der Waals surface area (Å²) in [5.41, 5.74) is 3.40. The Morgan fingerprint density at radius 3 is 2.23 bits per heavy atom. The average molecular weight is 372 g/mol. The van der Waals surface area contributed by atoms with E-state index in [1.807, 2.05) is 32.0 Å². The van der Waals surface area contributed by atoms with Crippen molar-refractivity contribution in [2.24, 2.45) is 0 Å². The van der Waals surface area contributed by atoms with Gasteiger partial charge in [0.05, 0.1) is 4.90 Å². The summed E-state index contributed by atoms with van der Waals surface area (Å²) in [6, 6.07) is 11.8. The third-order valence-corrected chi connectivity index (χ3v) is 6.40. The number of carbonyl (C=O) groups is 1. The van der Waals surface area contributed by atoms with Gasteiger partial charge in [0.15, 0.2) is 0 Å². The smallest absolute Gasteiger partial charge is 0.255 e. The van der Waals surface area contributed by atoms with Gasteiger partial charge in [-0.05, 0) is 74.2 Å². The van der Waals surface area contributed by atoms with Gasteiger partial charge in [-0.25, -0.2) is 13.1 Å². The second-order valence-corrected chi connectivity index (χ2v) is 8.59. The summed E-state index contributed by atoms with van der Waals surface area (Å²) < 4.78 is 27.6. The van der Waals surface area contributed by atoms with E-state index in [4.69, 9.17) is 0 Å². The number of rotatable bonds is 5. The molecule has 0 saturated heterocycles. The van der Waals surface area contributed by atoms with Crippen molar-refractivity contribution in [1.82, 2.24) is 4.72 Å². The minimum Gasteiger partial charge on any atom is -0.322 e. The zero-order valence-corrected chi connectivity index (χ0v) is 15.9. The van der Waals surface area contributed by atoms with Gasteiger partial charge in [0.1, 0.15) is 0 Å². The number of hydrogen-bond donors (Lipinski definition) is 2. The molecule has 1 amide bonds. The molecule has 0 heterocycles. The van der Waals surface area contributed by atoms with E-state index in [0.29, 0.717) is 5.56 Å². The maximum Gasteiger partial charge on any atom is 0.255 e. The molecule has 1 fully saturated rings. The van der Waals surface area contributed by atoms with Crippen molar-refractivity contribution in [1.29, 1.82) is 0 Å². The molecule has 1 aliphatic carbocycles.